The summed E-state index contributed by atoms with van der Waals surface area (Å²) in [5.41, 5.74) is 0. The minimum Gasteiger partial charge on any atom is -0.488 e. The van der Waals surface area contributed by atoms with Gasteiger partial charge in [0.1, 0.15) is 2.88 Å². The molecule has 0 saturated heterocycles. The van der Waals surface area contributed by atoms with Crippen LogP contribution in [0, 0.1) is 9.81 Å². The molecule has 2 rings (SSSR count). The third-order valence-electron chi connectivity index (χ3n) is 1.73. The van der Waals surface area contributed by atoms with Crippen LogP contribution in [0.1, 0.15) is 11.3 Å². The van der Waals surface area contributed by atoms with Crippen molar-refractivity contribution in [2.24, 2.45) is 0 Å². The van der Waals surface area contributed by atoms with Gasteiger partial charge in [-0.1, -0.05) is 0 Å². The van der Waals surface area contributed by atoms with E-state index in [0.29, 0.717) is 0 Å². The van der Waals surface area contributed by atoms with Gasteiger partial charge in [0, 0.05) is 11.3 Å². The van der Waals surface area contributed by atoms with Gasteiger partial charge in [0.25, 0.3) is 0 Å². The molecule has 0 saturated carbocycles. The van der Waals surface area contributed by atoms with Gasteiger partial charge in [-0.15, -0.1) is 11.3 Å². The van der Waals surface area contributed by atoms with Gasteiger partial charge in [-0.2, -0.15) is 0 Å². The summed E-state index contributed by atoms with van der Waals surface area (Å²) in [6, 6.07) is 0. The van der Waals surface area contributed by atoms with Gasteiger partial charge in [0.15, 0.2) is 11.5 Å². The third kappa shape index (κ3) is 1.42. The van der Waals surface area contributed by atoms with E-state index in [4.69, 9.17) is 9.47 Å². The number of hydrogen-bond donors (Lipinski definition) is 0. The smallest absolute Gasteiger partial charge is 0.185 e. The van der Waals surface area contributed by atoms with Crippen LogP contribution in [0.25, 0.3) is 0 Å². The SMILES string of the molecule is Cc1sc(I)c2c1OCCCO2. The largest absolute Gasteiger partial charge is 0.488 e. The standard InChI is InChI=1S/C8H9IO2S/c1-5-6-7(8(9)12-5)11-4-2-3-10-6/h2-4H2,1H3. The molecule has 0 fully saturated rings. The predicted molar refractivity (Wildman–Crippen MR) is 57.4 cm³/mol. The van der Waals surface area contributed by atoms with Gasteiger partial charge >= 0.3 is 0 Å². The highest BCUT2D eigenvalue weighted by atomic mass is 127. The lowest BCUT2D eigenvalue weighted by atomic mass is 10.4. The fraction of sp³-hybridized carbons (Fsp3) is 0.500. The van der Waals surface area contributed by atoms with E-state index in [1.54, 1.807) is 11.3 Å². The van der Waals surface area contributed by atoms with Crippen LogP contribution in [-0.4, -0.2) is 13.2 Å². The maximum atomic E-state index is 5.58. The van der Waals surface area contributed by atoms with E-state index in [1.807, 2.05) is 0 Å². The molecular formula is C8H9IO2S. The van der Waals surface area contributed by atoms with E-state index in [-0.39, 0.29) is 0 Å². The summed E-state index contributed by atoms with van der Waals surface area (Å²) in [6.07, 6.45) is 0.981. The maximum absolute atomic E-state index is 5.58. The predicted octanol–water partition coefficient (Wildman–Crippen LogP) is 2.82. The minimum absolute atomic E-state index is 0.777. The zero-order valence-electron chi connectivity index (χ0n) is 6.72. The van der Waals surface area contributed by atoms with Gasteiger partial charge in [-0.25, -0.2) is 0 Å². The zero-order valence-corrected chi connectivity index (χ0v) is 9.70. The summed E-state index contributed by atoms with van der Waals surface area (Å²) in [7, 11) is 0. The Morgan fingerprint density at radius 2 is 1.92 bits per heavy atom. The van der Waals surface area contributed by atoms with Gasteiger partial charge < -0.3 is 9.47 Å². The Morgan fingerprint density at radius 3 is 2.67 bits per heavy atom. The third-order valence-corrected chi connectivity index (χ3v) is 3.74. The van der Waals surface area contributed by atoms with Crippen LogP contribution in [0.3, 0.4) is 0 Å². The van der Waals surface area contributed by atoms with Crippen molar-refractivity contribution in [2.75, 3.05) is 13.2 Å². The molecule has 1 aromatic rings. The Balaban J connectivity index is 2.44. The molecule has 0 aliphatic carbocycles. The number of fused-ring (bicyclic) bond motifs is 1. The van der Waals surface area contributed by atoms with E-state index in [2.05, 4.69) is 29.5 Å². The van der Waals surface area contributed by atoms with Crippen LogP contribution in [0.4, 0.5) is 0 Å². The lowest BCUT2D eigenvalue weighted by Crippen LogP contribution is -1.98. The Morgan fingerprint density at radius 1 is 1.25 bits per heavy atom. The quantitative estimate of drug-likeness (QED) is 0.685. The summed E-state index contributed by atoms with van der Waals surface area (Å²) < 4.78 is 12.4. The molecule has 0 bridgehead atoms. The first-order valence-electron chi connectivity index (χ1n) is 3.83. The van der Waals surface area contributed by atoms with Crippen molar-refractivity contribution in [1.82, 2.24) is 0 Å². The zero-order chi connectivity index (χ0) is 8.55. The molecule has 12 heavy (non-hydrogen) atoms. The first-order valence-corrected chi connectivity index (χ1v) is 5.73. The maximum Gasteiger partial charge on any atom is 0.185 e. The molecule has 1 aliphatic rings. The van der Waals surface area contributed by atoms with E-state index < -0.39 is 0 Å². The van der Waals surface area contributed by atoms with E-state index >= 15 is 0 Å². The molecule has 0 N–H and O–H groups in total. The summed E-state index contributed by atoms with van der Waals surface area (Å²) in [5, 5.41) is 0. The second-order valence-corrected chi connectivity index (χ2v) is 5.68. The highest BCUT2D eigenvalue weighted by Crippen LogP contribution is 2.43. The van der Waals surface area contributed by atoms with Crippen molar-refractivity contribution in [1.29, 1.82) is 0 Å². The van der Waals surface area contributed by atoms with Crippen LogP contribution in [0.5, 0.6) is 11.5 Å². The lowest BCUT2D eigenvalue weighted by molar-refractivity contribution is 0.295. The van der Waals surface area contributed by atoms with Crippen LogP contribution in [0.15, 0.2) is 0 Å². The molecule has 2 heterocycles. The monoisotopic (exact) mass is 296 g/mol. The number of aryl methyl sites for hydroxylation is 1. The van der Waals surface area contributed by atoms with Gasteiger partial charge in [-0.3, -0.25) is 0 Å². The van der Waals surface area contributed by atoms with Crippen molar-refractivity contribution in [3.63, 3.8) is 0 Å². The molecule has 0 amide bonds. The topological polar surface area (TPSA) is 18.5 Å². The van der Waals surface area contributed by atoms with Crippen molar-refractivity contribution in [3.05, 3.63) is 7.76 Å². The molecular weight excluding hydrogens is 287 g/mol. The number of halogens is 1. The Bertz CT molecular complexity index is 269. The second kappa shape index (κ2) is 3.41. The highest BCUT2D eigenvalue weighted by Gasteiger charge is 2.18. The fourth-order valence-electron chi connectivity index (χ4n) is 1.17. The molecule has 4 heteroatoms. The number of hydrogen-bond acceptors (Lipinski definition) is 3. The molecule has 0 unspecified atom stereocenters. The van der Waals surface area contributed by atoms with Gasteiger partial charge in [-0.05, 0) is 29.5 Å². The van der Waals surface area contributed by atoms with E-state index in [9.17, 15) is 0 Å². The van der Waals surface area contributed by atoms with Crippen molar-refractivity contribution in [3.8, 4) is 11.5 Å². The molecule has 0 atom stereocenters. The summed E-state index contributed by atoms with van der Waals surface area (Å²) >= 11 is 4.03. The number of ether oxygens (including phenoxy) is 2. The van der Waals surface area contributed by atoms with E-state index in [1.165, 1.54) is 7.76 Å². The first-order chi connectivity index (χ1) is 5.79. The van der Waals surface area contributed by atoms with Crippen molar-refractivity contribution in [2.45, 2.75) is 13.3 Å². The Hall–Kier alpha value is 0.0300. The highest BCUT2D eigenvalue weighted by molar-refractivity contribution is 14.1. The molecule has 0 aromatic carbocycles. The van der Waals surface area contributed by atoms with Crippen LogP contribution < -0.4 is 9.47 Å². The second-order valence-electron chi connectivity index (χ2n) is 2.64. The molecule has 0 radical (unpaired) electrons. The summed E-state index contributed by atoms with van der Waals surface area (Å²) in [4.78, 5) is 1.22. The average Bonchev–Trinajstić information content (AvgIpc) is 2.29. The van der Waals surface area contributed by atoms with Crippen LogP contribution in [0.2, 0.25) is 0 Å². The summed E-state index contributed by atoms with van der Waals surface area (Å²) in [6.45, 7) is 3.63. The Kier molecular flexibility index (Phi) is 2.45. The lowest BCUT2D eigenvalue weighted by Gasteiger charge is -2.01. The molecule has 1 aromatic heterocycles. The first kappa shape index (κ1) is 8.62. The number of rotatable bonds is 0. The van der Waals surface area contributed by atoms with Crippen molar-refractivity contribution < 1.29 is 9.47 Å². The van der Waals surface area contributed by atoms with Gasteiger partial charge in [0.2, 0.25) is 0 Å². The normalized spacial score (nSPS) is 15.8. The molecule has 66 valence electrons. The molecule has 2 nitrogen and oxygen atoms in total. The minimum atomic E-state index is 0.777. The van der Waals surface area contributed by atoms with Gasteiger partial charge in [0.05, 0.1) is 13.2 Å². The number of thiophene rings is 1. The van der Waals surface area contributed by atoms with Crippen LogP contribution in [-0.2, 0) is 0 Å². The van der Waals surface area contributed by atoms with Crippen molar-refractivity contribution >= 4 is 33.9 Å². The summed E-state index contributed by atoms with van der Waals surface area (Å²) in [5.74, 6) is 1.91. The Labute approximate surface area is 89.0 Å². The average molecular weight is 296 g/mol. The fourth-order valence-corrected chi connectivity index (χ4v) is 3.32. The molecule has 1 aliphatic heterocycles. The van der Waals surface area contributed by atoms with Crippen LogP contribution >= 0.6 is 33.9 Å². The van der Waals surface area contributed by atoms with E-state index in [0.717, 1.165) is 31.1 Å². The molecule has 0 spiro atoms.